The number of nitrogens with zero attached hydrogens (tertiary/aromatic N) is 4. The quantitative estimate of drug-likeness (QED) is 0.919. The minimum Gasteiger partial charge on any atom is -0.378 e. The molecule has 2 fully saturated rings. The molecule has 2 saturated heterocycles. The van der Waals surface area contributed by atoms with Gasteiger partial charge >= 0.3 is 0 Å². The van der Waals surface area contributed by atoms with E-state index in [-0.39, 0.29) is 11.8 Å². The molecule has 2 aromatic rings. The topological polar surface area (TPSA) is 74.3 Å². The summed E-state index contributed by atoms with van der Waals surface area (Å²) in [4.78, 5) is 21.7. The number of likely N-dealkylation sites (tertiary alicyclic amines) is 1. The van der Waals surface area contributed by atoms with Crippen LogP contribution in [0.4, 0.5) is 5.69 Å². The molecule has 1 aromatic heterocycles. The predicted octanol–water partition coefficient (Wildman–Crippen LogP) is 1.66. The molecule has 7 heteroatoms. The molecule has 0 bridgehead atoms. The largest absolute Gasteiger partial charge is 0.378 e. The summed E-state index contributed by atoms with van der Waals surface area (Å²) in [7, 11) is 0. The first kappa shape index (κ1) is 16.1. The van der Waals surface area contributed by atoms with Gasteiger partial charge in [0.1, 0.15) is 12.2 Å². The van der Waals surface area contributed by atoms with Crippen LogP contribution in [-0.2, 0) is 4.74 Å². The summed E-state index contributed by atoms with van der Waals surface area (Å²) in [6.45, 7) is 4.54. The van der Waals surface area contributed by atoms with E-state index in [0.717, 1.165) is 49.6 Å². The summed E-state index contributed by atoms with van der Waals surface area (Å²) >= 11 is 0. The van der Waals surface area contributed by atoms with Gasteiger partial charge in [0.2, 0.25) is 0 Å². The zero-order valence-corrected chi connectivity index (χ0v) is 14.2. The van der Waals surface area contributed by atoms with E-state index in [2.05, 4.69) is 20.1 Å². The van der Waals surface area contributed by atoms with Crippen LogP contribution in [0.1, 0.15) is 34.9 Å². The SMILES string of the molecule is O=C(c1ccccc1N1CCOCC1)N1CCC[C@@H](c2ncn[nH]2)C1. The van der Waals surface area contributed by atoms with E-state index < -0.39 is 0 Å². The number of carbonyl (C=O) groups is 1. The van der Waals surface area contributed by atoms with Crippen LogP contribution in [0.3, 0.4) is 0 Å². The molecule has 2 aliphatic heterocycles. The predicted molar refractivity (Wildman–Crippen MR) is 93.7 cm³/mol. The summed E-state index contributed by atoms with van der Waals surface area (Å²) in [5.74, 6) is 1.21. The highest BCUT2D eigenvalue weighted by atomic mass is 16.5. The fourth-order valence-corrected chi connectivity index (χ4v) is 3.70. The maximum atomic E-state index is 13.2. The van der Waals surface area contributed by atoms with Crippen LogP contribution in [0.5, 0.6) is 0 Å². The fourth-order valence-electron chi connectivity index (χ4n) is 3.70. The second-order valence-corrected chi connectivity index (χ2v) is 6.58. The number of anilines is 1. The number of aromatic nitrogens is 3. The normalized spacial score (nSPS) is 21.4. The molecule has 7 nitrogen and oxygen atoms in total. The van der Waals surface area contributed by atoms with E-state index in [0.29, 0.717) is 19.8 Å². The third kappa shape index (κ3) is 3.37. The molecule has 25 heavy (non-hydrogen) atoms. The molecule has 132 valence electrons. The van der Waals surface area contributed by atoms with Gasteiger partial charge in [-0.05, 0) is 25.0 Å². The number of morpholine rings is 1. The minimum atomic E-state index is 0.103. The van der Waals surface area contributed by atoms with E-state index in [1.807, 2.05) is 29.2 Å². The number of ether oxygens (including phenoxy) is 1. The number of rotatable bonds is 3. The van der Waals surface area contributed by atoms with Crippen LogP contribution >= 0.6 is 0 Å². The van der Waals surface area contributed by atoms with Gasteiger partial charge in [0, 0.05) is 37.8 Å². The average molecular weight is 341 g/mol. The monoisotopic (exact) mass is 341 g/mol. The van der Waals surface area contributed by atoms with Crippen LogP contribution < -0.4 is 4.90 Å². The second kappa shape index (κ2) is 7.23. The fraction of sp³-hybridized carbons (Fsp3) is 0.500. The number of amides is 1. The molecule has 0 unspecified atom stereocenters. The standard InChI is InChI=1S/C18H23N5O2/c24-18(23-7-3-4-14(12-23)17-19-13-20-21-17)15-5-1-2-6-16(15)22-8-10-25-11-9-22/h1-2,5-6,13-14H,3-4,7-12H2,(H,19,20,21)/t14-/m1/s1. The van der Waals surface area contributed by atoms with Gasteiger partial charge in [-0.15, -0.1) is 0 Å². The van der Waals surface area contributed by atoms with Gasteiger partial charge in [0.25, 0.3) is 5.91 Å². The van der Waals surface area contributed by atoms with E-state index >= 15 is 0 Å². The van der Waals surface area contributed by atoms with E-state index in [1.54, 1.807) is 0 Å². The molecule has 0 spiro atoms. The van der Waals surface area contributed by atoms with Crippen molar-refractivity contribution >= 4 is 11.6 Å². The lowest BCUT2D eigenvalue weighted by Crippen LogP contribution is -2.41. The Morgan fingerprint density at radius 1 is 1.20 bits per heavy atom. The van der Waals surface area contributed by atoms with Crippen molar-refractivity contribution < 1.29 is 9.53 Å². The zero-order chi connectivity index (χ0) is 17.1. The zero-order valence-electron chi connectivity index (χ0n) is 14.2. The van der Waals surface area contributed by atoms with Gasteiger partial charge in [0.05, 0.1) is 18.8 Å². The van der Waals surface area contributed by atoms with E-state index in [4.69, 9.17) is 4.74 Å². The van der Waals surface area contributed by atoms with Crippen molar-refractivity contribution in [3.63, 3.8) is 0 Å². The first-order valence-electron chi connectivity index (χ1n) is 8.89. The Labute approximate surface area is 147 Å². The molecule has 2 aliphatic rings. The van der Waals surface area contributed by atoms with Gasteiger partial charge < -0.3 is 14.5 Å². The minimum absolute atomic E-state index is 0.103. The lowest BCUT2D eigenvalue weighted by molar-refractivity contribution is 0.0704. The third-order valence-corrected chi connectivity index (χ3v) is 5.02. The summed E-state index contributed by atoms with van der Waals surface area (Å²) in [6, 6.07) is 7.91. The highest BCUT2D eigenvalue weighted by Gasteiger charge is 2.29. The molecule has 0 aliphatic carbocycles. The van der Waals surface area contributed by atoms with Gasteiger partial charge in [-0.3, -0.25) is 9.89 Å². The van der Waals surface area contributed by atoms with Crippen LogP contribution in [0.25, 0.3) is 0 Å². The molecular weight excluding hydrogens is 318 g/mol. The number of nitrogens with one attached hydrogen (secondary N) is 1. The van der Waals surface area contributed by atoms with Crippen LogP contribution in [0.2, 0.25) is 0 Å². The number of hydrogen-bond acceptors (Lipinski definition) is 5. The van der Waals surface area contributed by atoms with Crippen molar-refractivity contribution in [2.24, 2.45) is 0 Å². The lowest BCUT2D eigenvalue weighted by Gasteiger charge is -2.34. The summed E-state index contributed by atoms with van der Waals surface area (Å²) in [5.41, 5.74) is 1.79. The molecule has 0 saturated carbocycles. The number of piperidine rings is 1. The smallest absolute Gasteiger partial charge is 0.255 e. The highest BCUT2D eigenvalue weighted by Crippen LogP contribution is 2.28. The number of benzene rings is 1. The molecule has 4 rings (SSSR count). The number of H-pyrrole nitrogens is 1. The molecule has 1 aromatic carbocycles. The second-order valence-electron chi connectivity index (χ2n) is 6.58. The van der Waals surface area contributed by atoms with Gasteiger partial charge in [-0.1, -0.05) is 12.1 Å². The maximum Gasteiger partial charge on any atom is 0.255 e. The molecular formula is C18H23N5O2. The number of para-hydroxylation sites is 1. The molecule has 1 amide bonds. The Hall–Kier alpha value is -2.41. The lowest BCUT2D eigenvalue weighted by atomic mass is 9.96. The van der Waals surface area contributed by atoms with Gasteiger partial charge in [0.15, 0.2) is 0 Å². The molecule has 1 N–H and O–H groups in total. The van der Waals surface area contributed by atoms with Crippen molar-refractivity contribution in [2.75, 3.05) is 44.3 Å². The van der Waals surface area contributed by atoms with E-state index in [9.17, 15) is 4.79 Å². The summed E-state index contributed by atoms with van der Waals surface area (Å²) in [5, 5.41) is 6.89. The first-order valence-corrected chi connectivity index (χ1v) is 8.89. The first-order chi connectivity index (χ1) is 12.3. The third-order valence-electron chi connectivity index (χ3n) is 5.02. The Kier molecular flexibility index (Phi) is 4.65. The van der Waals surface area contributed by atoms with Crippen LogP contribution in [0.15, 0.2) is 30.6 Å². The Bertz CT molecular complexity index is 712. The van der Waals surface area contributed by atoms with Crippen molar-refractivity contribution in [3.8, 4) is 0 Å². The summed E-state index contributed by atoms with van der Waals surface area (Å²) in [6.07, 6.45) is 3.55. The Balaban J connectivity index is 1.54. The van der Waals surface area contributed by atoms with Crippen LogP contribution in [0, 0.1) is 0 Å². The number of hydrogen-bond donors (Lipinski definition) is 1. The number of carbonyl (C=O) groups excluding carboxylic acids is 1. The van der Waals surface area contributed by atoms with Crippen LogP contribution in [-0.4, -0.2) is 65.4 Å². The molecule has 3 heterocycles. The van der Waals surface area contributed by atoms with Crippen molar-refractivity contribution in [3.05, 3.63) is 42.0 Å². The van der Waals surface area contributed by atoms with Gasteiger partial charge in [-0.25, -0.2) is 4.98 Å². The van der Waals surface area contributed by atoms with Gasteiger partial charge in [-0.2, -0.15) is 5.10 Å². The summed E-state index contributed by atoms with van der Waals surface area (Å²) < 4.78 is 5.44. The van der Waals surface area contributed by atoms with E-state index in [1.165, 1.54) is 6.33 Å². The Morgan fingerprint density at radius 3 is 2.84 bits per heavy atom. The average Bonchev–Trinajstić information content (AvgIpc) is 3.23. The molecule has 0 radical (unpaired) electrons. The Morgan fingerprint density at radius 2 is 2.04 bits per heavy atom. The highest BCUT2D eigenvalue weighted by molar-refractivity contribution is 6.00. The van der Waals surface area contributed by atoms with Crippen molar-refractivity contribution in [1.82, 2.24) is 20.1 Å². The molecule has 1 atom stereocenters. The van der Waals surface area contributed by atoms with Crippen molar-refractivity contribution in [1.29, 1.82) is 0 Å². The van der Waals surface area contributed by atoms with Crippen molar-refractivity contribution in [2.45, 2.75) is 18.8 Å². The maximum absolute atomic E-state index is 13.2. The number of aromatic amines is 1.